The maximum absolute atomic E-state index is 6.69. The summed E-state index contributed by atoms with van der Waals surface area (Å²) in [5.74, 6) is 2.00. The van der Waals surface area contributed by atoms with Gasteiger partial charge in [0.15, 0.2) is 0 Å². The SMILES string of the molecule is CC(C)(C)c1ccnc(-n2c3[c-]c(Oc4[c-]c(-n5[c-][n+]6c(c5)c5ccccc5c5ccccc5n5c7ccccc7c7ccc(-c8ccccc8)c6c75)ccc4)ccc3c3ccccc32)c1.[Pt]. The van der Waals surface area contributed by atoms with Crippen molar-refractivity contribution < 1.29 is 30.2 Å². The summed E-state index contributed by atoms with van der Waals surface area (Å²) in [4.78, 5) is 4.87. The predicted molar refractivity (Wildman–Crippen MR) is 268 cm³/mol. The van der Waals surface area contributed by atoms with Crippen molar-refractivity contribution in [2.24, 2.45) is 0 Å². The minimum absolute atomic E-state index is 0. The Morgan fingerprint density at radius 3 is 1.93 bits per heavy atom. The van der Waals surface area contributed by atoms with Crippen LogP contribution >= 0.6 is 0 Å². The fourth-order valence-corrected chi connectivity index (χ4v) is 9.99. The summed E-state index contributed by atoms with van der Waals surface area (Å²) in [6, 6.07) is 71.6. The standard InChI is InChI=1S/C60H41N5O.Pt/c1-60(2,3)40-32-33-61-57(34-40)64-52-25-12-10-23-48(52)50-29-28-43(36-55(50)64)66-42-19-15-18-41(35-42)62-37-56-47-22-8-7-20-45(47)46-21-9-13-26-53(46)65-54-27-14-11-24-49(54)51-31-30-44(39-16-5-4-6-17-39)58(59(51)65)63(56)38-62;/h4-34,37H,1-3H3;/q-2;. The third-order valence-electron chi connectivity index (χ3n) is 13.1. The fourth-order valence-electron chi connectivity index (χ4n) is 9.99. The molecular weight excluding hydrogens is 1000 g/mol. The number of hydrogen-bond donors (Lipinski definition) is 0. The van der Waals surface area contributed by atoms with Gasteiger partial charge >= 0.3 is 0 Å². The van der Waals surface area contributed by atoms with Crippen LogP contribution in [0.4, 0.5) is 0 Å². The van der Waals surface area contributed by atoms with Gasteiger partial charge in [0, 0.05) is 66.6 Å². The molecule has 0 aliphatic rings. The first kappa shape index (κ1) is 40.7. The van der Waals surface area contributed by atoms with Crippen LogP contribution in [0.5, 0.6) is 11.5 Å². The molecule has 0 spiro atoms. The van der Waals surface area contributed by atoms with E-state index in [9.17, 15) is 0 Å². The summed E-state index contributed by atoms with van der Waals surface area (Å²) in [6.07, 6.45) is 7.93. The Bertz CT molecular complexity index is 4140. The fraction of sp³-hybridized carbons (Fsp3) is 0.0667. The molecular formula is C60H41N5OPt-2. The number of pyridine rings is 1. The molecule has 0 aliphatic carbocycles. The van der Waals surface area contributed by atoms with Gasteiger partial charge in [0.25, 0.3) is 6.33 Å². The van der Waals surface area contributed by atoms with Crippen molar-refractivity contribution >= 4 is 76.3 Å². The van der Waals surface area contributed by atoms with E-state index in [2.05, 4.69) is 223 Å². The maximum atomic E-state index is 6.69. The van der Waals surface area contributed by atoms with Crippen molar-refractivity contribution in [1.29, 1.82) is 0 Å². The average Bonchev–Trinajstić information content (AvgIpc) is 4.05. The molecule has 0 amide bonds. The third kappa shape index (κ3) is 6.50. The van der Waals surface area contributed by atoms with E-state index < -0.39 is 0 Å². The zero-order valence-electron chi connectivity index (χ0n) is 36.9. The second kappa shape index (κ2) is 15.7. The van der Waals surface area contributed by atoms with Crippen LogP contribution in [-0.4, -0.2) is 18.5 Å². The number of fused-ring (bicyclic) bond motifs is 13. The van der Waals surface area contributed by atoms with Crippen molar-refractivity contribution in [3.05, 3.63) is 218 Å². The van der Waals surface area contributed by atoms with E-state index in [-0.39, 0.29) is 26.5 Å². The van der Waals surface area contributed by atoms with E-state index in [0.717, 1.165) is 88.2 Å². The smallest absolute Gasteiger partial charge is 0.267 e. The molecule has 13 aromatic rings. The molecule has 0 aliphatic heterocycles. The Labute approximate surface area is 401 Å². The van der Waals surface area contributed by atoms with Crippen molar-refractivity contribution in [1.82, 2.24) is 18.5 Å². The van der Waals surface area contributed by atoms with Crippen LogP contribution in [0, 0.1) is 18.5 Å². The molecule has 0 N–H and O–H groups in total. The van der Waals surface area contributed by atoms with Crippen LogP contribution in [-0.2, 0) is 26.5 Å². The molecule has 13 rings (SSSR count). The Balaban J connectivity index is 0.00000468. The monoisotopic (exact) mass is 1040 g/mol. The molecule has 0 fully saturated rings. The van der Waals surface area contributed by atoms with Crippen LogP contribution in [0.2, 0.25) is 0 Å². The first-order valence-corrected chi connectivity index (χ1v) is 22.4. The number of imidazole rings is 1. The van der Waals surface area contributed by atoms with Gasteiger partial charge in [0.2, 0.25) is 0 Å². The van der Waals surface area contributed by atoms with E-state index >= 15 is 0 Å². The van der Waals surface area contributed by atoms with E-state index in [1.165, 1.54) is 16.3 Å². The van der Waals surface area contributed by atoms with Crippen LogP contribution in [0.1, 0.15) is 26.3 Å². The summed E-state index contributed by atoms with van der Waals surface area (Å²) in [5, 5.41) is 7.97. The summed E-state index contributed by atoms with van der Waals surface area (Å²) in [7, 11) is 0. The number of para-hydroxylation sites is 3. The molecule has 7 heteroatoms. The molecule has 0 saturated heterocycles. The van der Waals surface area contributed by atoms with Crippen LogP contribution in [0.3, 0.4) is 0 Å². The van der Waals surface area contributed by atoms with Gasteiger partial charge < -0.3 is 18.3 Å². The minimum atomic E-state index is -0.0334. The van der Waals surface area contributed by atoms with Gasteiger partial charge in [-0.3, -0.25) is 4.40 Å². The van der Waals surface area contributed by atoms with E-state index in [0.29, 0.717) is 11.5 Å². The quantitative estimate of drug-likeness (QED) is 0.127. The summed E-state index contributed by atoms with van der Waals surface area (Å²) < 4.78 is 15.6. The minimum Gasteiger partial charge on any atom is -0.510 e. The van der Waals surface area contributed by atoms with Gasteiger partial charge in [-0.2, -0.15) is 18.2 Å². The number of hydrogen-bond acceptors (Lipinski definition) is 2. The topological polar surface area (TPSA) is 40.5 Å². The number of benzene rings is 8. The van der Waals surface area contributed by atoms with E-state index in [1.807, 2.05) is 29.0 Å². The molecule has 5 aromatic heterocycles. The van der Waals surface area contributed by atoms with Gasteiger partial charge in [-0.05, 0) is 74.3 Å². The normalized spacial score (nSPS) is 12.0. The zero-order valence-corrected chi connectivity index (χ0v) is 39.2. The predicted octanol–water partition coefficient (Wildman–Crippen LogP) is 14.3. The Kier molecular flexibility index (Phi) is 9.53. The third-order valence-corrected chi connectivity index (χ3v) is 13.1. The van der Waals surface area contributed by atoms with Crippen molar-refractivity contribution in [2.45, 2.75) is 26.2 Å². The van der Waals surface area contributed by atoms with E-state index in [4.69, 9.17) is 9.72 Å². The second-order valence-electron chi connectivity index (χ2n) is 18.1. The molecule has 324 valence electrons. The summed E-state index contributed by atoms with van der Waals surface area (Å²) >= 11 is 0. The van der Waals surface area contributed by atoms with Gasteiger partial charge in [-0.1, -0.05) is 148 Å². The Hall–Kier alpha value is -7.79. The molecule has 0 radical (unpaired) electrons. The van der Waals surface area contributed by atoms with Gasteiger partial charge in [0.05, 0.1) is 22.1 Å². The second-order valence-corrected chi connectivity index (χ2v) is 18.1. The van der Waals surface area contributed by atoms with E-state index in [1.54, 1.807) is 0 Å². The molecule has 0 saturated carbocycles. The molecule has 5 heterocycles. The summed E-state index contributed by atoms with van der Waals surface area (Å²) in [5.41, 5.74) is 11.6. The molecule has 0 bridgehead atoms. The van der Waals surface area contributed by atoms with Crippen LogP contribution in [0.25, 0.3) is 99.0 Å². The number of rotatable bonds is 5. The van der Waals surface area contributed by atoms with Crippen molar-refractivity contribution in [3.8, 4) is 34.1 Å². The molecule has 0 unspecified atom stereocenters. The maximum Gasteiger partial charge on any atom is 0.267 e. The molecule has 6 nitrogen and oxygen atoms in total. The first-order chi connectivity index (χ1) is 32.4. The first-order valence-electron chi connectivity index (χ1n) is 22.4. The van der Waals surface area contributed by atoms with Crippen LogP contribution < -0.4 is 9.14 Å². The largest absolute Gasteiger partial charge is 0.510 e. The van der Waals surface area contributed by atoms with Crippen LogP contribution in [0.15, 0.2) is 194 Å². The Morgan fingerprint density at radius 2 is 1.18 bits per heavy atom. The number of nitrogens with zero attached hydrogens (tertiary/aromatic N) is 5. The van der Waals surface area contributed by atoms with Crippen molar-refractivity contribution in [2.75, 3.05) is 0 Å². The molecule has 8 aromatic carbocycles. The Morgan fingerprint density at radius 1 is 0.552 bits per heavy atom. The summed E-state index contributed by atoms with van der Waals surface area (Å²) in [6.45, 7) is 6.68. The zero-order chi connectivity index (χ0) is 44.1. The number of aromatic nitrogens is 5. The van der Waals surface area contributed by atoms with Crippen molar-refractivity contribution in [3.63, 3.8) is 0 Å². The molecule has 67 heavy (non-hydrogen) atoms. The van der Waals surface area contributed by atoms with Gasteiger partial charge in [0.1, 0.15) is 11.3 Å². The van der Waals surface area contributed by atoms with Gasteiger partial charge in [-0.25, -0.2) is 4.98 Å². The number of ether oxygens (including phenoxy) is 1. The molecule has 0 atom stereocenters. The van der Waals surface area contributed by atoms with Gasteiger partial charge in [-0.15, -0.1) is 29.7 Å². The average molecular weight is 1040 g/mol.